The maximum atomic E-state index is 12.6. The lowest BCUT2D eigenvalue weighted by Gasteiger charge is -2.21. The number of hydrogen-bond acceptors (Lipinski definition) is 4. The van der Waals surface area contributed by atoms with Gasteiger partial charge >= 0.3 is 0 Å². The first-order valence-electron chi connectivity index (χ1n) is 9.40. The molecule has 2 heterocycles. The Balaban J connectivity index is 1.60. The maximum Gasteiger partial charge on any atom is 0.229 e. The van der Waals surface area contributed by atoms with E-state index in [0.29, 0.717) is 37.0 Å². The monoisotopic (exact) mass is 373 g/mol. The predicted octanol–water partition coefficient (Wildman–Crippen LogP) is 1.42. The van der Waals surface area contributed by atoms with Crippen molar-refractivity contribution in [1.82, 2.24) is 10.2 Å². The zero-order chi connectivity index (χ0) is 19.6. The van der Waals surface area contributed by atoms with Crippen molar-refractivity contribution in [3.05, 3.63) is 24.3 Å². The topological polar surface area (TPSA) is 79.0 Å². The summed E-state index contributed by atoms with van der Waals surface area (Å²) < 4.78 is 5.33. The first kappa shape index (κ1) is 19.2. The largest absolute Gasteiger partial charge is 0.495 e. The van der Waals surface area contributed by atoms with E-state index in [1.54, 1.807) is 16.9 Å². The number of anilines is 1. The fourth-order valence-electron chi connectivity index (χ4n) is 3.77. The van der Waals surface area contributed by atoms with Crippen LogP contribution in [0.1, 0.15) is 26.7 Å². The number of nitrogens with one attached hydrogen (secondary N) is 1. The third-order valence-electron chi connectivity index (χ3n) is 5.02. The van der Waals surface area contributed by atoms with Gasteiger partial charge in [0.2, 0.25) is 17.7 Å². The van der Waals surface area contributed by atoms with Crippen molar-refractivity contribution in [2.45, 2.75) is 32.7 Å². The Bertz CT molecular complexity index is 734. The average molecular weight is 373 g/mol. The van der Waals surface area contributed by atoms with Gasteiger partial charge in [0.05, 0.1) is 24.8 Å². The summed E-state index contributed by atoms with van der Waals surface area (Å²) in [5.74, 6) is 0.498. The molecule has 7 nitrogen and oxygen atoms in total. The van der Waals surface area contributed by atoms with Crippen LogP contribution in [0.3, 0.4) is 0 Å². The molecule has 1 aromatic carbocycles. The Hall–Kier alpha value is -2.57. The summed E-state index contributed by atoms with van der Waals surface area (Å²) in [4.78, 5) is 40.5. The number of nitrogens with zero attached hydrogens (tertiary/aromatic N) is 2. The standard InChI is InChI=1S/C20H27N3O4/c1-13(2)10-22-11-14(8-18(22)24)20(26)21-15-9-19(25)23(12-15)16-6-4-5-7-17(16)27-3/h4-7,13-15H,8-12H2,1-3H3,(H,21,26). The molecule has 27 heavy (non-hydrogen) atoms. The fraction of sp³-hybridized carbons (Fsp3) is 0.550. The molecule has 2 aliphatic heterocycles. The fourth-order valence-corrected chi connectivity index (χ4v) is 3.77. The number of methoxy groups -OCH3 is 1. The summed E-state index contributed by atoms with van der Waals surface area (Å²) in [5, 5.41) is 2.96. The Morgan fingerprint density at radius 1 is 1.19 bits per heavy atom. The number of carbonyl (C=O) groups excluding carboxylic acids is 3. The highest BCUT2D eigenvalue weighted by Gasteiger charge is 2.38. The van der Waals surface area contributed by atoms with Crippen LogP contribution < -0.4 is 15.0 Å². The average Bonchev–Trinajstić information content (AvgIpc) is 3.17. The number of hydrogen-bond donors (Lipinski definition) is 1. The highest BCUT2D eigenvalue weighted by atomic mass is 16.5. The highest BCUT2D eigenvalue weighted by molar-refractivity contribution is 5.98. The Morgan fingerprint density at radius 2 is 1.93 bits per heavy atom. The van der Waals surface area contributed by atoms with E-state index in [9.17, 15) is 14.4 Å². The number of rotatable bonds is 6. The van der Waals surface area contributed by atoms with Crippen LogP contribution in [0.2, 0.25) is 0 Å². The number of ether oxygens (including phenoxy) is 1. The van der Waals surface area contributed by atoms with E-state index < -0.39 is 0 Å². The third-order valence-corrected chi connectivity index (χ3v) is 5.02. The lowest BCUT2D eigenvalue weighted by molar-refractivity contribution is -0.129. The third kappa shape index (κ3) is 4.23. The molecule has 146 valence electrons. The van der Waals surface area contributed by atoms with Gasteiger partial charge in [0, 0.05) is 32.5 Å². The van der Waals surface area contributed by atoms with Gasteiger partial charge in [0.1, 0.15) is 5.75 Å². The first-order valence-corrected chi connectivity index (χ1v) is 9.40. The molecule has 3 amide bonds. The van der Waals surface area contributed by atoms with Crippen LogP contribution in [0.15, 0.2) is 24.3 Å². The summed E-state index contributed by atoms with van der Waals surface area (Å²) in [7, 11) is 1.57. The van der Waals surface area contributed by atoms with Crippen molar-refractivity contribution in [3.63, 3.8) is 0 Å². The van der Waals surface area contributed by atoms with Crippen LogP contribution in [0, 0.1) is 11.8 Å². The summed E-state index contributed by atoms with van der Waals surface area (Å²) in [5.41, 5.74) is 0.709. The molecular formula is C20H27N3O4. The molecule has 0 radical (unpaired) electrons. The van der Waals surface area contributed by atoms with Crippen molar-refractivity contribution >= 4 is 23.4 Å². The smallest absolute Gasteiger partial charge is 0.229 e. The molecule has 0 aliphatic carbocycles. The molecule has 1 aromatic rings. The first-order chi connectivity index (χ1) is 12.9. The molecule has 2 fully saturated rings. The van der Waals surface area contributed by atoms with Crippen molar-refractivity contribution in [3.8, 4) is 5.75 Å². The van der Waals surface area contributed by atoms with E-state index in [1.165, 1.54) is 0 Å². The van der Waals surface area contributed by atoms with Crippen LogP contribution in [0.4, 0.5) is 5.69 Å². The van der Waals surface area contributed by atoms with Gasteiger partial charge < -0.3 is 19.9 Å². The Morgan fingerprint density at radius 3 is 2.63 bits per heavy atom. The highest BCUT2D eigenvalue weighted by Crippen LogP contribution is 2.31. The van der Waals surface area contributed by atoms with Crippen molar-refractivity contribution in [2.24, 2.45) is 11.8 Å². The minimum atomic E-state index is -0.341. The molecule has 1 N–H and O–H groups in total. The van der Waals surface area contributed by atoms with E-state index in [-0.39, 0.29) is 42.5 Å². The summed E-state index contributed by atoms with van der Waals surface area (Å²) in [6.45, 7) is 5.64. The van der Waals surface area contributed by atoms with E-state index >= 15 is 0 Å². The summed E-state index contributed by atoms with van der Waals surface area (Å²) >= 11 is 0. The quantitative estimate of drug-likeness (QED) is 0.818. The molecule has 3 rings (SSSR count). The van der Waals surface area contributed by atoms with Crippen LogP contribution in [0.25, 0.3) is 0 Å². The Labute approximate surface area is 159 Å². The number of para-hydroxylation sites is 2. The van der Waals surface area contributed by atoms with Gasteiger partial charge in [-0.2, -0.15) is 0 Å². The van der Waals surface area contributed by atoms with Crippen LogP contribution in [0.5, 0.6) is 5.75 Å². The molecule has 2 unspecified atom stereocenters. The molecule has 2 saturated heterocycles. The minimum Gasteiger partial charge on any atom is -0.495 e. The SMILES string of the molecule is COc1ccccc1N1CC(NC(=O)C2CC(=O)N(CC(C)C)C2)CC1=O. The number of amides is 3. The minimum absolute atomic E-state index is 0.0296. The van der Waals surface area contributed by atoms with Gasteiger partial charge in [0.15, 0.2) is 0 Å². The van der Waals surface area contributed by atoms with Crippen LogP contribution in [-0.2, 0) is 14.4 Å². The lowest BCUT2D eigenvalue weighted by atomic mass is 10.1. The van der Waals surface area contributed by atoms with Crippen LogP contribution >= 0.6 is 0 Å². The molecule has 2 atom stereocenters. The van der Waals surface area contributed by atoms with Crippen molar-refractivity contribution in [1.29, 1.82) is 0 Å². The van der Waals surface area contributed by atoms with Gasteiger partial charge in [0.25, 0.3) is 0 Å². The van der Waals surface area contributed by atoms with Crippen molar-refractivity contribution < 1.29 is 19.1 Å². The normalized spacial score (nSPS) is 22.7. The van der Waals surface area contributed by atoms with E-state index in [4.69, 9.17) is 4.74 Å². The molecule has 0 saturated carbocycles. The second-order valence-corrected chi connectivity index (χ2v) is 7.68. The molecule has 2 aliphatic rings. The van der Waals surface area contributed by atoms with Gasteiger partial charge in [-0.3, -0.25) is 14.4 Å². The van der Waals surface area contributed by atoms with Crippen LogP contribution in [-0.4, -0.2) is 55.4 Å². The van der Waals surface area contributed by atoms with E-state index in [2.05, 4.69) is 19.2 Å². The maximum absolute atomic E-state index is 12.6. The zero-order valence-corrected chi connectivity index (χ0v) is 16.1. The number of benzene rings is 1. The summed E-state index contributed by atoms with van der Waals surface area (Å²) in [6, 6.07) is 7.08. The number of carbonyl (C=O) groups is 3. The molecular weight excluding hydrogens is 346 g/mol. The predicted molar refractivity (Wildman–Crippen MR) is 101 cm³/mol. The van der Waals surface area contributed by atoms with E-state index in [1.807, 2.05) is 24.3 Å². The van der Waals surface area contributed by atoms with Gasteiger partial charge in [-0.1, -0.05) is 26.0 Å². The molecule has 7 heteroatoms. The second kappa shape index (κ2) is 7.98. The van der Waals surface area contributed by atoms with Crippen molar-refractivity contribution in [2.75, 3.05) is 31.6 Å². The van der Waals surface area contributed by atoms with Gasteiger partial charge in [-0.25, -0.2) is 0 Å². The molecule has 0 spiro atoms. The number of likely N-dealkylation sites (tertiary alicyclic amines) is 1. The molecule has 0 bridgehead atoms. The molecule has 0 aromatic heterocycles. The second-order valence-electron chi connectivity index (χ2n) is 7.68. The van der Waals surface area contributed by atoms with Gasteiger partial charge in [-0.05, 0) is 18.1 Å². The Kier molecular flexibility index (Phi) is 5.68. The van der Waals surface area contributed by atoms with Gasteiger partial charge in [-0.15, -0.1) is 0 Å². The summed E-state index contributed by atoms with van der Waals surface area (Å²) in [6.07, 6.45) is 0.496. The zero-order valence-electron chi connectivity index (χ0n) is 16.1. The van der Waals surface area contributed by atoms with E-state index in [0.717, 1.165) is 0 Å². The lowest BCUT2D eigenvalue weighted by Crippen LogP contribution is -2.41.